The van der Waals surface area contributed by atoms with E-state index < -0.39 is 29.6 Å². The molecule has 0 bridgehead atoms. The SMILES string of the molecule is C.CC[C@@H](C)C(=O)N[C@@H](CCCNC(=O)OCc1ccccc1)C(=O)N1CCC[C@H]1CN(CCc1ccccc1)C(=O)CCCC(=O)N(CCc1ccccc1)C[C@@H]1CCCN1C(=O)[C@@H](NC(=O)[C@H](C)NC)C(C)(C)C. The Morgan fingerprint density at radius 1 is 0.671 bits per heavy atom. The van der Waals surface area contributed by atoms with Crippen molar-refractivity contribution in [3.63, 3.8) is 0 Å². The molecule has 2 heterocycles. The first-order chi connectivity index (χ1) is 36.0. The summed E-state index contributed by atoms with van der Waals surface area (Å²) in [7, 11) is 1.71. The Hall–Kier alpha value is -6.29. The molecule has 418 valence electrons. The molecule has 16 nitrogen and oxygen atoms in total. The Bertz CT molecular complexity index is 2280. The van der Waals surface area contributed by atoms with Crippen LogP contribution in [0.5, 0.6) is 0 Å². The lowest BCUT2D eigenvalue weighted by Crippen LogP contribution is -2.59. The number of ether oxygens (including phenoxy) is 1. The fourth-order valence-corrected chi connectivity index (χ4v) is 9.74. The molecule has 2 fully saturated rings. The highest BCUT2D eigenvalue weighted by Gasteiger charge is 2.41. The number of alkyl carbamates (subject to hydrolysis) is 1. The van der Waals surface area contributed by atoms with Gasteiger partial charge in [-0.05, 0) is 100 Å². The molecule has 0 spiro atoms. The fraction of sp³-hybridized carbons (Fsp3) is 0.583. The Balaban J connectivity index is 0.0000125. The van der Waals surface area contributed by atoms with E-state index >= 15 is 0 Å². The van der Waals surface area contributed by atoms with Crippen molar-refractivity contribution in [3.05, 3.63) is 108 Å². The topological polar surface area (TPSA) is 190 Å². The minimum atomic E-state index is -0.819. The van der Waals surface area contributed by atoms with Gasteiger partial charge in [-0.15, -0.1) is 0 Å². The highest BCUT2D eigenvalue weighted by Crippen LogP contribution is 2.27. The standard InChI is InChI=1S/C59H86N8O8.CH4/c1-8-43(2)54(70)62-50(30-19-35-61-58(74)75-42-47-26-16-11-17-27-47)56(72)66-36-20-28-48(66)40-64(38-33-45-22-12-9-13-23-45)51(68)31-18-32-52(69)65(39-34-46-24-14-10-15-25-46)41-49-29-21-37-67(49)57(73)53(59(4,5)6)63-55(71)44(3)60-7;/h9-17,22-27,43-44,48-50,53,60H,8,18-21,28-42H2,1-7H3,(H,61,74)(H,62,70)(H,63,71);1H4/t43-,44+,48+,49+,50+,53-;/m1./s1. The summed E-state index contributed by atoms with van der Waals surface area (Å²) in [5, 5.41) is 11.7. The molecule has 3 aromatic rings. The summed E-state index contributed by atoms with van der Waals surface area (Å²) in [5.74, 6) is -1.31. The van der Waals surface area contributed by atoms with Crippen molar-refractivity contribution in [3.8, 4) is 0 Å². The molecule has 76 heavy (non-hydrogen) atoms. The number of carbonyl (C=O) groups is 7. The van der Waals surface area contributed by atoms with Crippen LogP contribution in [0.4, 0.5) is 4.79 Å². The lowest BCUT2D eigenvalue weighted by Gasteiger charge is -2.37. The first-order valence-electron chi connectivity index (χ1n) is 27.5. The van der Waals surface area contributed by atoms with Gasteiger partial charge in [0.1, 0.15) is 18.7 Å². The molecule has 5 rings (SSSR count). The summed E-state index contributed by atoms with van der Waals surface area (Å²) in [4.78, 5) is 104. The first kappa shape index (κ1) is 62.3. The maximum atomic E-state index is 14.5. The zero-order chi connectivity index (χ0) is 54.3. The molecule has 3 aromatic carbocycles. The zero-order valence-electron chi connectivity index (χ0n) is 45.8. The van der Waals surface area contributed by atoms with Gasteiger partial charge in [0.2, 0.25) is 35.4 Å². The van der Waals surface area contributed by atoms with E-state index in [0.29, 0.717) is 84.2 Å². The summed E-state index contributed by atoms with van der Waals surface area (Å²) < 4.78 is 5.36. The Kier molecular flexibility index (Phi) is 26.0. The van der Waals surface area contributed by atoms with Crippen LogP contribution in [-0.4, -0.2) is 144 Å². The minimum Gasteiger partial charge on any atom is -0.445 e. The highest BCUT2D eigenvalue weighted by atomic mass is 16.5. The molecule has 2 saturated heterocycles. The maximum absolute atomic E-state index is 14.5. The summed E-state index contributed by atoms with van der Waals surface area (Å²) >= 11 is 0. The van der Waals surface area contributed by atoms with E-state index in [1.807, 2.05) is 145 Å². The van der Waals surface area contributed by atoms with Crippen molar-refractivity contribution in [2.45, 2.75) is 163 Å². The fourth-order valence-electron chi connectivity index (χ4n) is 9.74. The third kappa shape index (κ3) is 19.7. The first-order valence-corrected chi connectivity index (χ1v) is 27.5. The van der Waals surface area contributed by atoms with Crippen LogP contribution in [0.25, 0.3) is 0 Å². The number of amides is 7. The number of nitrogens with zero attached hydrogens (tertiary/aromatic N) is 4. The summed E-state index contributed by atoms with van der Waals surface area (Å²) in [6.07, 6.45) is 5.55. The van der Waals surface area contributed by atoms with Gasteiger partial charge < -0.3 is 45.6 Å². The summed E-state index contributed by atoms with van der Waals surface area (Å²) in [6, 6.07) is 26.8. The van der Waals surface area contributed by atoms with Crippen LogP contribution >= 0.6 is 0 Å². The van der Waals surface area contributed by atoms with Crippen LogP contribution in [0.3, 0.4) is 0 Å². The van der Waals surface area contributed by atoms with Crippen molar-refractivity contribution in [1.82, 2.24) is 40.9 Å². The molecule has 0 radical (unpaired) electrons. The molecule has 16 heteroatoms. The largest absolute Gasteiger partial charge is 0.445 e. The van der Waals surface area contributed by atoms with Crippen LogP contribution < -0.4 is 21.3 Å². The van der Waals surface area contributed by atoms with E-state index in [1.165, 1.54) is 0 Å². The smallest absolute Gasteiger partial charge is 0.407 e. The number of nitrogens with one attached hydrogen (secondary N) is 4. The van der Waals surface area contributed by atoms with E-state index in [9.17, 15) is 33.6 Å². The number of rotatable bonds is 28. The van der Waals surface area contributed by atoms with Crippen molar-refractivity contribution in [2.75, 3.05) is 52.9 Å². The number of hydrogen-bond acceptors (Lipinski definition) is 9. The second-order valence-electron chi connectivity index (χ2n) is 21.5. The monoisotopic (exact) mass is 1050 g/mol. The van der Waals surface area contributed by atoms with Crippen LogP contribution in [0, 0.1) is 11.3 Å². The van der Waals surface area contributed by atoms with Crippen molar-refractivity contribution in [1.29, 1.82) is 0 Å². The number of carbonyl (C=O) groups excluding carboxylic acids is 7. The Labute approximate surface area is 453 Å². The lowest BCUT2D eigenvalue weighted by molar-refractivity contribution is -0.142. The molecular formula is C60H90N8O8. The molecule has 2 aliphatic rings. The Morgan fingerprint density at radius 2 is 1.16 bits per heavy atom. The number of benzene rings is 3. The summed E-state index contributed by atoms with van der Waals surface area (Å²) in [6.45, 7) is 14.3. The number of likely N-dealkylation sites (tertiary alicyclic amines) is 2. The van der Waals surface area contributed by atoms with Crippen molar-refractivity contribution in [2.24, 2.45) is 11.3 Å². The van der Waals surface area contributed by atoms with Gasteiger partial charge in [-0.2, -0.15) is 0 Å². The van der Waals surface area contributed by atoms with E-state index in [1.54, 1.807) is 14.0 Å². The minimum absolute atomic E-state index is 0. The second-order valence-corrected chi connectivity index (χ2v) is 21.5. The predicted molar refractivity (Wildman–Crippen MR) is 299 cm³/mol. The number of hydrogen-bond donors (Lipinski definition) is 4. The van der Waals surface area contributed by atoms with Crippen molar-refractivity contribution < 1.29 is 38.3 Å². The molecule has 2 aliphatic heterocycles. The van der Waals surface area contributed by atoms with Crippen LogP contribution in [-0.2, 0) is 53.0 Å². The molecule has 0 unspecified atom stereocenters. The molecular weight excluding hydrogens is 961 g/mol. The zero-order valence-corrected chi connectivity index (χ0v) is 45.8. The molecule has 0 saturated carbocycles. The van der Waals surface area contributed by atoms with E-state index in [2.05, 4.69) is 21.3 Å². The van der Waals surface area contributed by atoms with Gasteiger partial charge >= 0.3 is 6.09 Å². The van der Waals surface area contributed by atoms with Gasteiger partial charge in [0.05, 0.1) is 6.04 Å². The van der Waals surface area contributed by atoms with Crippen LogP contribution in [0.2, 0.25) is 0 Å². The third-order valence-electron chi connectivity index (χ3n) is 14.7. The van der Waals surface area contributed by atoms with Gasteiger partial charge in [0, 0.05) is 76.7 Å². The highest BCUT2D eigenvalue weighted by molar-refractivity contribution is 5.91. The van der Waals surface area contributed by atoms with E-state index in [4.69, 9.17) is 4.74 Å². The van der Waals surface area contributed by atoms with Gasteiger partial charge in [-0.25, -0.2) is 4.79 Å². The third-order valence-corrected chi connectivity index (χ3v) is 14.7. The average molecular weight is 1050 g/mol. The maximum Gasteiger partial charge on any atom is 0.407 e. The van der Waals surface area contributed by atoms with Crippen molar-refractivity contribution >= 4 is 41.5 Å². The summed E-state index contributed by atoms with van der Waals surface area (Å²) in [5.41, 5.74) is 2.47. The van der Waals surface area contributed by atoms with Crippen LogP contribution in [0.1, 0.15) is 130 Å². The molecule has 0 aliphatic carbocycles. The van der Waals surface area contributed by atoms with E-state index in [0.717, 1.165) is 36.0 Å². The quantitative estimate of drug-likeness (QED) is 0.0542. The second kappa shape index (κ2) is 31.7. The molecule has 4 N–H and O–H groups in total. The van der Waals surface area contributed by atoms with Gasteiger partial charge in [-0.1, -0.05) is 133 Å². The number of likely N-dealkylation sites (N-methyl/N-ethyl adjacent to an activating group) is 1. The molecule has 0 aromatic heterocycles. The predicted octanol–water partition coefficient (Wildman–Crippen LogP) is 7.29. The van der Waals surface area contributed by atoms with E-state index in [-0.39, 0.29) is 86.9 Å². The normalized spacial score (nSPS) is 16.8. The molecule has 6 atom stereocenters. The van der Waals surface area contributed by atoms with Gasteiger partial charge in [0.25, 0.3) is 0 Å². The van der Waals surface area contributed by atoms with Gasteiger partial charge in [-0.3, -0.25) is 28.8 Å². The van der Waals surface area contributed by atoms with Crippen LogP contribution in [0.15, 0.2) is 91.0 Å². The molecule has 7 amide bonds. The lowest BCUT2D eigenvalue weighted by atomic mass is 9.85. The Morgan fingerprint density at radius 3 is 1.63 bits per heavy atom. The average Bonchev–Trinajstić information content (AvgIpc) is 4.09. The van der Waals surface area contributed by atoms with Gasteiger partial charge in [0.15, 0.2) is 0 Å².